The number of hydrogen-bond donors (Lipinski definition) is 2. The SMILES string of the molecule is CCNC(=NCC(C(C)C)N1CCOCC1)NCCCOCCOC. The van der Waals surface area contributed by atoms with Gasteiger partial charge in [0.25, 0.3) is 0 Å². The van der Waals surface area contributed by atoms with Crippen molar-refractivity contribution in [1.82, 2.24) is 15.5 Å². The van der Waals surface area contributed by atoms with Crippen molar-refractivity contribution in [2.45, 2.75) is 33.2 Å². The minimum atomic E-state index is 0.455. The molecule has 7 nitrogen and oxygen atoms in total. The quantitative estimate of drug-likeness (QED) is 0.308. The van der Waals surface area contributed by atoms with E-state index in [0.717, 1.165) is 64.9 Å². The van der Waals surface area contributed by atoms with Crippen LogP contribution >= 0.6 is 0 Å². The maximum atomic E-state index is 5.48. The Morgan fingerprint density at radius 1 is 1.16 bits per heavy atom. The van der Waals surface area contributed by atoms with Crippen molar-refractivity contribution < 1.29 is 14.2 Å². The van der Waals surface area contributed by atoms with Gasteiger partial charge in [0.2, 0.25) is 0 Å². The molecule has 0 bridgehead atoms. The molecule has 1 unspecified atom stereocenters. The number of aliphatic imine (C=N–C) groups is 1. The Morgan fingerprint density at radius 3 is 2.56 bits per heavy atom. The monoisotopic (exact) mass is 358 g/mol. The lowest BCUT2D eigenvalue weighted by Gasteiger charge is -2.36. The number of nitrogens with zero attached hydrogens (tertiary/aromatic N) is 2. The molecule has 0 amide bonds. The lowest BCUT2D eigenvalue weighted by atomic mass is 10.0. The average molecular weight is 359 g/mol. The maximum Gasteiger partial charge on any atom is 0.191 e. The second kappa shape index (κ2) is 14.3. The van der Waals surface area contributed by atoms with Crippen LogP contribution in [0.3, 0.4) is 0 Å². The number of methoxy groups -OCH3 is 1. The topological polar surface area (TPSA) is 67.4 Å². The first-order valence-electron chi connectivity index (χ1n) is 9.59. The van der Waals surface area contributed by atoms with Gasteiger partial charge in [-0.2, -0.15) is 0 Å². The summed E-state index contributed by atoms with van der Waals surface area (Å²) in [5, 5.41) is 6.72. The second-order valence-electron chi connectivity index (χ2n) is 6.56. The van der Waals surface area contributed by atoms with E-state index in [1.807, 2.05) is 0 Å². The summed E-state index contributed by atoms with van der Waals surface area (Å²) in [4.78, 5) is 7.31. The molecule has 0 spiro atoms. The molecule has 2 N–H and O–H groups in total. The van der Waals surface area contributed by atoms with E-state index in [-0.39, 0.29) is 0 Å². The van der Waals surface area contributed by atoms with Crippen molar-refractivity contribution in [1.29, 1.82) is 0 Å². The summed E-state index contributed by atoms with van der Waals surface area (Å²) >= 11 is 0. The first kappa shape index (κ1) is 22.2. The Balaban J connectivity index is 2.38. The number of morpholine rings is 1. The molecular weight excluding hydrogens is 320 g/mol. The summed E-state index contributed by atoms with van der Waals surface area (Å²) in [6, 6.07) is 0.455. The number of hydrogen-bond acceptors (Lipinski definition) is 5. The zero-order chi connectivity index (χ0) is 18.3. The molecule has 1 fully saturated rings. The number of ether oxygens (including phenoxy) is 3. The van der Waals surface area contributed by atoms with Gasteiger partial charge >= 0.3 is 0 Å². The van der Waals surface area contributed by atoms with Crippen LogP contribution in [-0.2, 0) is 14.2 Å². The third-order valence-electron chi connectivity index (χ3n) is 4.25. The van der Waals surface area contributed by atoms with Gasteiger partial charge in [0.05, 0.1) is 33.0 Å². The van der Waals surface area contributed by atoms with Crippen LogP contribution in [-0.4, -0.2) is 89.8 Å². The Morgan fingerprint density at radius 2 is 1.92 bits per heavy atom. The molecule has 0 saturated carbocycles. The fraction of sp³-hybridized carbons (Fsp3) is 0.944. The third kappa shape index (κ3) is 9.99. The smallest absolute Gasteiger partial charge is 0.191 e. The molecule has 25 heavy (non-hydrogen) atoms. The molecule has 1 heterocycles. The van der Waals surface area contributed by atoms with Crippen molar-refractivity contribution in [3.05, 3.63) is 0 Å². The second-order valence-corrected chi connectivity index (χ2v) is 6.56. The van der Waals surface area contributed by atoms with Gasteiger partial charge in [-0.15, -0.1) is 0 Å². The third-order valence-corrected chi connectivity index (χ3v) is 4.25. The van der Waals surface area contributed by atoms with Gasteiger partial charge in [0.1, 0.15) is 0 Å². The van der Waals surface area contributed by atoms with Crippen LogP contribution in [0.1, 0.15) is 27.2 Å². The standard InChI is InChI=1S/C18H38N4O3/c1-5-19-18(20-7-6-10-24-14-13-23-4)21-15-17(16(2)3)22-8-11-25-12-9-22/h16-17H,5-15H2,1-4H3,(H2,19,20,21). The minimum absolute atomic E-state index is 0.455. The highest BCUT2D eigenvalue weighted by atomic mass is 16.5. The van der Waals surface area contributed by atoms with Crippen molar-refractivity contribution in [3.8, 4) is 0 Å². The van der Waals surface area contributed by atoms with Crippen LogP contribution in [0, 0.1) is 5.92 Å². The van der Waals surface area contributed by atoms with Gasteiger partial charge < -0.3 is 24.8 Å². The van der Waals surface area contributed by atoms with E-state index in [2.05, 4.69) is 36.3 Å². The summed E-state index contributed by atoms with van der Waals surface area (Å²) in [5.41, 5.74) is 0. The molecule has 1 rings (SSSR count). The minimum Gasteiger partial charge on any atom is -0.382 e. The fourth-order valence-corrected chi connectivity index (χ4v) is 2.81. The summed E-state index contributed by atoms with van der Waals surface area (Å²) in [6.45, 7) is 14.8. The highest BCUT2D eigenvalue weighted by Crippen LogP contribution is 2.13. The van der Waals surface area contributed by atoms with E-state index in [1.54, 1.807) is 7.11 Å². The van der Waals surface area contributed by atoms with Crippen LogP contribution in [0.25, 0.3) is 0 Å². The highest BCUT2D eigenvalue weighted by molar-refractivity contribution is 5.79. The van der Waals surface area contributed by atoms with Crippen LogP contribution in [0.4, 0.5) is 0 Å². The molecule has 148 valence electrons. The lowest BCUT2D eigenvalue weighted by Crippen LogP contribution is -2.48. The van der Waals surface area contributed by atoms with E-state index < -0.39 is 0 Å². The Bertz CT molecular complexity index is 347. The molecule has 1 saturated heterocycles. The molecular formula is C18H38N4O3. The molecule has 1 aliphatic rings. The molecule has 1 aliphatic heterocycles. The normalized spacial score (nSPS) is 17.7. The van der Waals surface area contributed by atoms with Gasteiger partial charge in [-0.1, -0.05) is 13.8 Å². The van der Waals surface area contributed by atoms with E-state index >= 15 is 0 Å². The fourth-order valence-electron chi connectivity index (χ4n) is 2.81. The summed E-state index contributed by atoms with van der Waals surface area (Å²) in [5.74, 6) is 1.46. The molecule has 0 aromatic carbocycles. The Hall–Kier alpha value is -0.890. The van der Waals surface area contributed by atoms with Crippen LogP contribution in [0.15, 0.2) is 4.99 Å². The van der Waals surface area contributed by atoms with Crippen molar-refractivity contribution in [2.24, 2.45) is 10.9 Å². The van der Waals surface area contributed by atoms with Gasteiger partial charge in [0.15, 0.2) is 5.96 Å². The number of guanidine groups is 1. The number of nitrogens with one attached hydrogen (secondary N) is 2. The molecule has 0 aromatic rings. The van der Waals surface area contributed by atoms with E-state index in [9.17, 15) is 0 Å². The average Bonchev–Trinajstić information content (AvgIpc) is 2.61. The first-order chi connectivity index (χ1) is 12.2. The molecule has 0 aromatic heterocycles. The predicted molar refractivity (Wildman–Crippen MR) is 102 cm³/mol. The largest absolute Gasteiger partial charge is 0.382 e. The van der Waals surface area contributed by atoms with Crippen molar-refractivity contribution in [3.63, 3.8) is 0 Å². The van der Waals surface area contributed by atoms with Crippen molar-refractivity contribution in [2.75, 3.05) is 72.9 Å². The van der Waals surface area contributed by atoms with Gasteiger partial charge in [-0.3, -0.25) is 9.89 Å². The molecule has 1 atom stereocenters. The highest BCUT2D eigenvalue weighted by Gasteiger charge is 2.23. The van der Waals surface area contributed by atoms with Gasteiger partial charge in [0, 0.05) is 45.9 Å². The molecule has 7 heteroatoms. The van der Waals surface area contributed by atoms with Gasteiger partial charge in [-0.25, -0.2) is 0 Å². The van der Waals surface area contributed by atoms with Crippen LogP contribution in [0.5, 0.6) is 0 Å². The van der Waals surface area contributed by atoms with E-state index in [0.29, 0.717) is 25.2 Å². The van der Waals surface area contributed by atoms with Gasteiger partial charge in [-0.05, 0) is 19.3 Å². The van der Waals surface area contributed by atoms with Crippen LogP contribution < -0.4 is 10.6 Å². The zero-order valence-corrected chi connectivity index (χ0v) is 16.6. The van der Waals surface area contributed by atoms with Crippen LogP contribution in [0.2, 0.25) is 0 Å². The molecule has 0 radical (unpaired) electrons. The number of rotatable bonds is 12. The van der Waals surface area contributed by atoms with E-state index in [4.69, 9.17) is 19.2 Å². The maximum absolute atomic E-state index is 5.48. The lowest BCUT2D eigenvalue weighted by molar-refractivity contribution is 0.00867. The summed E-state index contributed by atoms with van der Waals surface area (Å²) in [7, 11) is 1.69. The zero-order valence-electron chi connectivity index (χ0n) is 16.6. The van der Waals surface area contributed by atoms with Crippen molar-refractivity contribution >= 4 is 5.96 Å². The summed E-state index contributed by atoms with van der Waals surface area (Å²) < 4.78 is 15.9. The van der Waals surface area contributed by atoms with E-state index in [1.165, 1.54) is 0 Å². The Kier molecular flexibility index (Phi) is 12.7. The summed E-state index contributed by atoms with van der Waals surface area (Å²) in [6.07, 6.45) is 0.950. The first-order valence-corrected chi connectivity index (χ1v) is 9.59. The predicted octanol–water partition coefficient (Wildman–Crippen LogP) is 0.951. The Labute approximate surface area is 153 Å². The molecule has 0 aliphatic carbocycles.